The van der Waals surface area contributed by atoms with Crippen LogP contribution in [0.25, 0.3) is 0 Å². The van der Waals surface area contributed by atoms with Crippen molar-refractivity contribution >= 4 is 29.7 Å². The van der Waals surface area contributed by atoms with E-state index < -0.39 is 17.5 Å². The summed E-state index contributed by atoms with van der Waals surface area (Å²) in [6.45, 7) is 7.27. The number of hydrogen-bond donors (Lipinski definition) is 0. The molecule has 2 heterocycles. The molecule has 41 heavy (non-hydrogen) atoms. The summed E-state index contributed by atoms with van der Waals surface area (Å²) in [4.78, 5) is 45.1. The van der Waals surface area contributed by atoms with Crippen LogP contribution in [-0.4, -0.2) is 76.7 Å². The van der Waals surface area contributed by atoms with E-state index in [9.17, 15) is 18.8 Å². The molecule has 3 aliphatic rings. The van der Waals surface area contributed by atoms with E-state index in [0.717, 1.165) is 18.4 Å². The highest BCUT2D eigenvalue weighted by Gasteiger charge is 2.48. The quantitative estimate of drug-likeness (QED) is 0.425. The van der Waals surface area contributed by atoms with Crippen LogP contribution in [0.5, 0.6) is 5.75 Å². The first-order valence-electron chi connectivity index (χ1n) is 14.3. The molecule has 2 aromatic carbocycles. The summed E-state index contributed by atoms with van der Waals surface area (Å²) < 4.78 is 24.6. The lowest BCUT2D eigenvalue weighted by Gasteiger charge is -2.34. The van der Waals surface area contributed by atoms with Crippen molar-refractivity contribution in [2.75, 3.05) is 26.2 Å². The van der Waals surface area contributed by atoms with Crippen molar-refractivity contribution < 1.29 is 28.2 Å². The molecule has 0 spiro atoms. The first-order chi connectivity index (χ1) is 19.5. The molecule has 3 amide bonds. The van der Waals surface area contributed by atoms with Gasteiger partial charge in [0.05, 0.1) is 6.04 Å². The largest absolute Gasteiger partial charge is 0.444 e. The molecule has 1 aliphatic carbocycles. The highest BCUT2D eigenvalue weighted by atomic mass is 35.5. The van der Waals surface area contributed by atoms with Crippen molar-refractivity contribution in [3.63, 3.8) is 0 Å². The Balaban J connectivity index is 1.31. The fourth-order valence-corrected chi connectivity index (χ4v) is 5.87. The Bertz CT molecular complexity index is 1250. The summed E-state index contributed by atoms with van der Waals surface area (Å²) in [6, 6.07) is 12.7. The molecule has 10 heteroatoms. The molecule has 220 valence electrons. The zero-order valence-electron chi connectivity index (χ0n) is 23.7. The summed E-state index contributed by atoms with van der Waals surface area (Å²) >= 11 is 6.17. The van der Waals surface area contributed by atoms with Crippen LogP contribution >= 0.6 is 11.6 Å². The predicted octanol–water partition coefficient (Wildman–Crippen LogP) is 6.08. The second kappa shape index (κ2) is 11.9. The Kier molecular flexibility index (Phi) is 8.45. The number of ether oxygens (including phenoxy) is 2. The fraction of sp³-hybridized carbons (Fsp3) is 0.516. The van der Waals surface area contributed by atoms with Crippen LogP contribution in [0.4, 0.5) is 14.0 Å². The minimum absolute atomic E-state index is 0.0230. The third kappa shape index (κ3) is 7.12. The van der Waals surface area contributed by atoms with Gasteiger partial charge in [0.15, 0.2) is 0 Å². The fourth-order valence-electron chi connectivity index (χ4n) is 5.74. The molecule has 2 aliphatic heterocycles. The molecule has 2 saturated heterocycles. The number of piperidine rings is 1. The van der Waals surface area contributed by atoms with Crippen molar-refractivity contribution in [1.29, 1.82) is 0 Å². The van der Waals surface area contributed by atoms with Gasteiger partial charge in [-0.1, -0.05) is 23.7 Å². The molecule has 8 nitrogen and oxygen atoms in total. The summed E-state index contributed by atoms with van der Waals surface area (Å²) in [6.07, 6.45) is 1.99. The zero-order chi connectivity index (χ0) is 29.3. The number of carbonyl (C=O) groups excluding carboxylic acids is 3. The van der Waals surface area contributed by atoms with E-state index in [-0.39, 0.29) is 41.7 Å². The highest BCUT2D eigenvalue weighted by Crippen LogP contribution is 2.39. The minimum atomic E-state index is -0.573. The van der Waals surface area contributed by atoms with Gasteiger partial charge in [0.25, 0.3) is 0 Å². The molecule has 5 rings (SSSR count). The first-order valence-corrected chi connectivity index (χ1v) is 14.6. The normalized spacial score (nSPS) is 21.5. The monoisotopic (exact) mass is 585 g/mol. The molecular formula is C31H37ClFN3O5. The Morgan fingerprint density at radius 1 is 0.902 bits per heavy atom. The molecular weight excluding hydrogens is 549 g/mol. The van der Waals surface area contributed by atoms with Gasteiger partial charge in [0.2, 0.25) is 5.91 Å². The lowest BCUT2D eigenvalue weighted by atomic mass is 9.93. The Labute approximate surface area is 245 Å². The maximum absolute atomic E-state index is 13.8. The SMILES string of the molecule is CC(C)(C)OC(=O)N1CCC(C(=O)N2C[C@@H](N(C(=O)Oc3ccc(F)cc3)C3CC3)[C@H](c3ccc(Cl)cc3)C2)CC1. The maximum Gasteiger partial charge on any atom is 0.415 e. The highest BCUT2D eigenvalue weighted by molar-refractivity contribution is 6.30. The zero-order valence-corrected chi connectivity index (χ0v) is 24.5. The summed E-state index contributed by atoms with van der Waals surface area (Å²) in [7, 11) is 0. The van der Waals surface area contributed by atoms with Crippen LogP contribution < -0.4 is 4.74 Å². The van der Waals surface area contributed by atoms with Gasteiger partial charge < -0.3 is 19.3 Å². The standard InChI is InChI=1S/C31H37ClFN3O5/c1-31(2,3)41-29(38)34-16-14-21(15-17-34)28(37)35-18-26(20-4-6-22(32)7-5-20)27(19-35)36(24-10-11-24)30(39)40-25-12-8-23(33)9-13-25/h4-9,12-13,21,24,26-27H,10-11,14-19H2,1-3H3/t26-,27+/m0/s1. The van der Waals surface area contributed by atoms with E-state index in [1.54, 1.807) is 9.80 Å². The van der Waals surface area contributed by atoms with Crippen LogP contribution in [0.3, 0.4) is 0 Å². The average molecular weight is 586 g/mol. The lowest BCUT2D eigenvalue weighted by molar-refractivity contribution is -0.136. The smallest absolute Gasteiger partial charge is 0.415 e. The van der Waals surface area contributed by atoms with E-state index in [4.69, 9.17) is 21.1 Å². The van der Waals surface area contributed by atoms with E-state index in [1.165, 1.54) is 24.3 Å². The van der Waals surface area contributed by atoms with Crippen LogP contribution in [-0.2, 0) is 9.53 Å². The topological polar surface area (TPSA) is 79.4 Å². The van der Waals surface area contributed by atoms with E-state index in [2.05, 4.69) is 0 Å². The number of amides is 3. The van der Waals surface area contributed by atoms with Gasteiger partial charge in [-0.05, 0) is 88.4 Å². The van der Waals surface area contributed by atoms with Crippen molar-refractivity contribution in [2.45, 2.75) is 70.1 Å². The molecule has 2 aromatic rings. The van der Waals surface area contributed by atoms with Crippen LogP contribution in [0, 0.1) is 11.7 Å². The molecule has 0 aromatic heterocycles. The first kappa shape index (κ1) is 29.2. The summed E-state index contributed by atoms with van der Waals surface area (Å²) in [5.41, 5.74) is 0.422. The maximum atomic E-state index is 13.8. The van der Waals surface area contributed by atoms with Crippen molar-refractivity contribution in [2.24, 2.45) is 5.92 Å². The van der Waals surface area contributed by atoms with Gasteiger partial charge >= 0.3 is 12.2 Å². The Morgan fingerprint density at radius 3 is 2.12 bits per heavy atom. The van der Waals surface area contributed by atoms with Crippen molar-refractivity contribution in [3.05, 3.63) is 64.9 Å². The molecule has 2 atom stereocenters. The van der Waals surface area contributed by atoms with Gasteiger partial charge in [-0.2, -0.15) is 0 Å². The Hall–Kier alpha value is -3.33. The van der Waals surface area contributed by atoms with Gasteiger partial charge in [-0.15, -0.1) is 0 Å². The Morgan fingerprint density at radius 2 is 1.54 bits per heavy atom. The summed E-state index contributed by atoms with van der Waals surface area (Å²) in [5.74, 6) is -0.433. The van der Waals surface area contributed by atoms with Gasteiger partial charge in [-0.3, -0.25) is 9.69 Å². The number of benzene rings is 2. The minimum Gasteiger partial charge on any atom is -0.444 e. The van der Waals surface area contributed by atoms with Gasteiger partial charge in [0, 0.05) is 49.1 Å². The number of carbonyl (C=O) groups is 3. The lowest BCUT2D eigenvalue weighted by Crippen LogP contribution is -2.48. The third-order valence-corrected chi connectivity index (χ3v) is 8.17. The molecule has 0 unspecified atom stereocenters. The average Bonchev–Trinajstić information content (AvgIpc) is 3.67. The van der Waals surface area contributed by atoms with Crippen molar-refractivity contribution in [1.82, 2.24) is 14.7 Å². The summed E-state index contributed by atoms with van der Waals surface area (Å²) in [5, 5.41) is 0.614. The van der Waals surface area contributed by atoms with Crippen LogP contribution in [0.15, 0.2) is 48.5 Å². The van der Waals surface area contributed by atoms with Crippen molar-refractivity contribution in [3.8, 4) is 5.75 Å². The number of halogens is 2. The second-order valence-corrected chi connectivity index (χ2v) is 12.6. The predicted molar refractivity (Wildman–Crippen MR) is 152 cm³/mol. The molecule has 0 N–H and O–H groups in total. The molecule has 0 bridgehead atoms. The van der Waals surface area contributed by atoms with Crippen LogP contribution in [0.1, 0.15) is 57.9 Å². The molecule has 3 fully saturated rings. The molecule has 1 saturated carbocycles. The third-order valence-electron chi connectivity index (χ3n) is 7.92. The second-order valence-electron chi connectivity index (χ2n) is 12.2. The van der Waals surface area contributed by atoms with E-state index >= 15 is 0 Å². The molecule has 0 radical (unpaired) electrons. The van der Waals surface area contributed by atoms with E-state index in [0.29, 0.717) is 44.0 Å². The van der Waals surface area contributed by atoms with Gasteiger partial charge in [0.1, 0.15) is 17.2 Å². The number of rotatable bonds is 5. The number of likely N-dealkylation sites (tertiary alicyclic amines) is 2. The van der Waals surface area contributed by atoms with E-state index in [1.807, 2.05) is 49.9 Å². The number of hydrogen-bond acceptors (Lipinski definition) is 5. The van der Waals surface area contributed by atoms with Gasteiger partial charge in [-0.25, -0.2) is 14.0 Å². The van der Waals surface area contributed by atoms with Crippen LogP contribution in [0.2, 0.25) is 5.02 Å². The number of nitrogens with zero attached hydrogens (tertiary/aromatic N) is 3.